The Hall–Kier alpha value is -1.06. The Morgan fingerprint density at radius 2 is 1.94 bits per heavy atom. The van der Waals surface area contributed by atoms with Crippen molar-refractivity contribution in [2.45, 2.75) is 25.4 Å². The van der Waals surface area contributed by atoms with Gasteiger partial charge in [0.1, 0.15) is 5.60 Å². The van der Waals surface area contributed by atoms with E-state index in [1.54, 1.807) is 6.92 Å². The molecule has 2 rings (SSSR count). The van der Waals surface area contributed by atoms with Gasteiger partial charge < -0.3 is 15.7 Å². The Balaban J connectivity index is 2.37. The molecule has 0 aromatic heterocycles. The second-order valence-corrected chi connectivity index (χ2v) is 4.69. The second kappa shape index (κ2) is 4.44. The monoisotopic (exact) mass is 220 g/mol. The first-order valence-corrected chi connectivity index (χ1v) is 5.92. The second-order valence-electron chi connectivity index (χ2n) is 4.69. The van der Waals surface area contributed by atoms with Crippen LogP contribution in [0.5, 0.6) is 0 Å². The van der Waals surface area contributed by atoms with Gasteiger partial charge in [0.2, 0.25) is 0 Å². The van der Waals surface area contributed by atoms with Crippen molar-refractivity contribution in [2.24, 2.45) is 5.73 Å². The molecule has 0 radical (unpaired) electrons. The summed E-state index contributed by atoms with van der Waals surface area (Å²) in [5.74, 6) is 0. The highest BCUT2D eigenvalue weighted by molar-refractivity contribution is 5.56. The molecule has 0 saturated carbocycles. The number of hydrogen-bond acceptors (Lipinski definition) is 3. The lowest BCUT2D eigenvalue weighted by molar-refractivity contribution is 0.0673. The lowest BCUT2D eigenvalue weighted by Gasteiger charge is -2.29. The molecule has 0 amide bonds. The Morgan fingerprint density at radius 1 is 1.31 bits per heavy atom. The molecular weight excluding hydrogens is 200 g/mol. The number of rotatable bonds is 3. The molecule has 1 saturated heterocycles. The standard InChI is InChI=1S/C13H20N2O/c1-13(16,10-14)11-6-2-3-7-12(11)15-8-4-5-9-15/h2-3,6-7,16H,4-5,8-10,14H2,1H3. The van der Waals surface area contributed by atoms with Crippen LogP contribution in [0.15, 0.2) is 24.3 Å². The number of benzene rings is 1. The third-order valence-corrected chi connectivity index (χ3v) is 3.33. The molecule has 16 heavy (non-hydrogen) atoms. The van der Waals surface area contributed by atoms with Crippen molar-refractivity contribution < 1.29 is 5.11 Å². The summed E-state index contributed by atoms with van der Waals surface area (Å²) in [5.41, 5.74) is 6.78. The normalized spacial score (nSPS) is 19.8. The van der Waals surface area contributed by atoms with Crippen LogP contribution in [0.4, 0.5) is 5.69 Å². The summed E-state index contributed by atoms with van der Waals surface area (Å²) in [7, 11) is 0. The zero-order chi connectivity index (χ0) is 11.6. The van der Waals surface area contributed by atoms with Gasteiger partial charge in [0, 0.05) is 30.9 Å². The molecule has 1 heterocycles. The van der Waals surface area contributed by atoms with Crippen LogP contribution in [0, 0.1) is 0 Å². The Morgan fingerprint density at radius 3 is 2.56 bits per heavy atom. The number of hydrogen-bond donors (Lipinski definition) is 2. The molecule has 88 valence electrons. The molecule has 1 aromatic rings. The van der Waals surface area contributed by atoms with Gasteiger partial charge in [-0.15, -0.1) is 0 Å². The number of anilines is 1. The van der Waals surface area contributed by atoms with E-state index in [0.29, 0.717) is 0 Å². The van der Waals surface area contributed by atoms with Gasteiger partial charge in [-0.25, -0.2) is 0 Å². The number of aliphatic hydroxyl groups is 1. The maximum Gasteiger partial charge on any atom is 0.101 e. The zero-order valence-corrected chi connectivity index (χ0v) is 9.82. The summed E-state index contributed by atoms with van der Waals surface area (Å²) < 4.78 is 0. The molecule has 0 bridgehead atoms. The van der Waals surface area contributed by atoms with Crippen molar-refractivity contribution in [2.75, 3.05) is 24.5 Å². The average Bonchev–Trinajstić information content (AvgIpc) is 2.82. The highest BCUT2D eigenvalue weighted by Gasteiger charge is 2.26. The van der Waals surface area contributed by atoms with Crippen LogP contribution in [0.1, 0.15) is 25.3 Å². The van der Waals surface area contributed by atoms with Crippen molar-refractivity contribution in [1.29, 1.82) is 0 Å². The van der Waals surface area contributed by atoms with Crippen molar-refractivity contribution in [3.63, 3.8) is 0 Å². The lowest BCUT2D eigenvalue weighted by atomic mass is 9.94. The van der Waals surface area contributed by atoms with Crippen molar-refractivity contribution in [3.8, 4) is 0 Å². The van der Waals surface area contributed by atoms with E-state index in [4.69, 9.17) is 5.73 Å². The van der Waals surface area contributed by atoms with E-state index >= 15 is 0 Å². The highest BCUT2D eigenvalue weighted by atomic mass is 16.3. The van der Waals surface area contributed by atoms with Crippen LogP contribution in [-0.4, -0.2) is 24.7 Å². The summed E-state index contributed by atoms with van der Waals surface area (Å²) in [6, 6.07) is 8.02. The topological polar surface area (TPSA) is 49.5 Å². The molecule has 1 aromatic carbocycles. The predicted octanol–water partition coefficient (Wildman–Crippen LogP) is 1.45. The van der Waals surface area contributed by atoms with Gasteiger partial charge in [-0.05, 0) is 25.8 Å². The Bertz CT molecular complexity index is 357. The molecule has 1 atom stereocenters. The van der Waals surface area contributed by atoms with Crippen molar-refractivity contribution >= 4 is 5.69 Å². The van der Waals surface area contributed by atoms with E-state index in [1.807, 2.05) is 18.2 Å². The molecule has 1 aliphatic rings. The van der Waals surface area contributed by atoms with Crippen LogP contribution in [0.25, 0.3) is 0 Å². The SMILES string of the molecule is CC(O)(CN)c1ccccc1N1CCCC1. The van der Waals surface area contributed by atoms with E-state index in [2.05, 4.69) is 11.0 Å². The fourth-order valence-electron chi connectivity index (χ4n) is 2.27. The van der Waals surface area contributed by atoms with Crippen LogP contribution < -0.4 is 10.6 Å². The average molecular weight is 220 g/mol. The van der Waals surface area contributed by atoms with E-state index in [-0.39, 0.29) is 6.54 Å². The minimum absolute atomic E-state index is 0.248. The molecular formula is C13H20N2O. The molecule has 3 nitrogen and oxygen atoms in total. The van der Waals surface area contributed by atoms with Crippen LogP contribution in [0.3, 0.4) is 0 Å². The quantitative estimate of drug-likeness (QED) is 0.810. The van der Waals surface area contributed by atoms with Gasteiger partial charge in [0.15, 0.2) is 0 Å². The maximum atomic E-state index is 10.3. The highest BCUT2D eigenvalue weighted by Crippen LogP contribution is 2.31. The number of nitrogens with zero attached hydrogens (tertiary/aromatic N) is 1. The molecule has 1 fully saturated rings. The minimum atomic E-state index is -0.931. The molecule has 0 spiro atoms. The van der Waals surface area contributed by atoms with E-state index < -0.39 is 5.60 Å². The van der Waals surface area contributed by atoms with Crippen LogP contribution in [-0.2, 0) is 5.60 Å². The minimum Gasteiger partial charge on any atom is -0.384 e. The fourth-order valence-corrected chi connectivity index (χ4v) is 2.27. The third-order valence-electron chi connectivity index (χ3n) is 3.33. The Kier molecular flexibility index (Phi) is 3.17. The molecule has 3 N–H and O–H groups in total. The first kappa shape index (κ1) is 11.4. The number of nitrogens with two attached hydrogens (primary N) is 1. The van der Waals surface area contributed by atoms with Crippen LogP contribution >= 0.6 is 0 Å². The van der Waals surface area contributed by atoms with E-state index in [1.165, 1.54) is 12.8 Å². The Labute approximate surface area is 96.9 Å². The van der Waals surface area contributed by atoms with Gasteiger partial charge in [0.05, 0.1) is 0 Å². The fraction of sp³-hybridized carbons (Fsp3) is 0.538. The smallest absolute Gasteiger partial charge is 0.101 e. The summed E-state index contributed by atoms with van der Waals surface area (Å²) in [6.45, 7) is 4.19. The van der Waals surface area contributed by atoms with E-state index in [9.17, 15) is 5.11 Å². The third kappa shape index (κ3) is 2.06. The van der Waals surface area contributed by atoms with E-state index in [0.717, 1.165) is 24.3 Å². The maximum absolute atomic E-state index is 10.3. The molecule has 1 aliphatic heterocycles. The van der Waals surface area contributed by atoms with Gasteiger partial charge in [-0.1, -0.05) is 18.2 Å². The van der Waals surface area contributed by atoms with Gasteiger partial charge in [-0.3, -0.25) is 0 Å². The largest absolute Gasteiger partial charge is 0.384 e. The van der Waals surface area contributed by atoms with Crippen LogP contribution in [0.2, 0.25) is 0 Å². The first-order chi connectivity index (χ1) is 7.65. The summed E-state index contributed by atoms with van der Waals surface area (Å²) >= 11 is 0. The van der Waals surface area contributed by atoms with Crippen molar-refractivity contribution in [3.05, 3.63) is 29.8 Å². The molecule has 0 aliphatic carbocycles. The number of para-hydroxylation sites is 1. The van der Waals surface area contributed by atoms with Gasteiger partial charge in [-0.2, -0.15) is 0 Å². The summed E-state index contributed by atoms with van der Waals surface area (Å²) in [6.07, 6.45) is 2.47. The lowest BCUT2D eigenvalue weighted by Crippen LogP contribution is -2.33. The summed E-state index contributed by atoms with van der Waals surface area (Å²) in [4.78, 5) is 2.33. The zero-order valence-electron chi connectivity index (χ0n) is 9.82. The molecule has 1 unspecified atom stereocenters. The van der Waals surface area contributed by atoms with Crippen molar-refractivity contribution in [1.82, 2.24) is 0 Å². The van der Waals surface area contributed by atoms with Gasteiger partial charge >= 0.3 is 0 Å². The predicted molar refractivity (Wildman–Crippen MR) is 66.5 cm³/mol. The first-order valence-electron chi connectivity index (χ1n) is 5.92. The summed E-state index contributed by atoms with van der Waals surface area (Å²) in [5, 5.41) is 10.3. The molecule has 3 heteroatoms. The van der Waals surface area contributed by atoms with Gasteiger partial charge in [0.25, 0.3) is 0 Å².